The smallest absolute Gasteiger partial charge is 0.257 e. The Morgan fingerprint density at radius 1 is 0.842 bits per heavy atom. The van der Waals surface area contributed by atoms with Crippen molar-refractivity contribution in [2.75, 3.05) is 33.0 Å². The van der Waals surface area contributed by atoms with E-state index in [4.69, 9.17) is 14.2 Å². The minimum absolute atomic E-state index is 0.0183. The van der Waals surface area contributed by atoms with Gasteiger partial charge in [0, 0.05) is 25.2 Å². The summed E-state index contributed by atoms with van der Waals surface area (Å²) in [5.41, 5.74) is 2.24. The minimum Gasteiger partial charge on any atom is -0.491 e. The molecule has 2 aliphatic rings. The fraction of sp³-hybridized carbons (Fsp3) is 0.355. The highest BCUT2D eigenvalue weighted by atomic mass is 16.7. The third kappa shape index (κ3) is 5.77. The van der Waals surface area contributed by atoms with Crippen LogP contribution < -0.4 is 14.2 Å². The summed E-state index contributed by atoms with van der Waals surface area (Å²) < 4.78 is 17.3. The van der Waals surface area contributed by atoms with E-state index in [1.807, 2.05) is 59.2 Å². The normalized spacial score (nSPS) is 18.0. The molecule has 2 amide bonds. The Hall–Kier alpha value is -4.00. The lowest BCUT2D eigenvalue weighted by atomic mass is 10.0. The van der Waals surface area contributed by atoms with E-state index in [1.165, 1.54) is 0 Å². The van der Waals surface area contributed by atoms with Gasteiger partial charge in [0.2, 0.25) is 6.79 Å². The Bertz CT molecular complexity index is 1260. The molecule has 0 aromatic heterocycles. The van der Waals surface area contributed by atoms with Gasteiger partial charge in [0.15, 0.2) is 11.5 Å². The van der Waals surface area contributed by atoms with Crippen molar-refractivity contribution < 1.29 is 23.8 Å². The quantitative estimate of drug-likeness (QED) is 0.479. The van der Waals surface area contributed by atoms with Crippen molar-refractivity contribution in [3.63, 3.8) is 0 Å². The molecule has 7 nitrogen and oxygen atoms in total. The van der Waals surface area contributed by atoms with Gasteiger partial charge in [-0.15, -0.1) is 0 Å². The molecule has 2 heterocycles. The van der Waals surface area contributed by atoms with Crippen LogP contribution in [0.15, 0.2) is 72.8 Å². The van der Waals surface area contributed by atoms with E-state index in [1.54, 1.807) is 18.2 Å². The van der Waals surface area contributed by atoms with E-state index in [-0.39, 0.29) is 31.3 Å². The Morgan fingerprint density at radius 2 is 1.61 bits per heavy atom. The fourth-order valence-electron chi connectivity index (χ4n) is 5.08. The largest absolute Gasteiger partial charge is 0.491 e. The molecule has 5 rings (SSSR count). The molecule has 0 radical (unpaired) electrons. The summed E-state index contributed by atoms with van der Waals surface area (Å²) >= 11 is 0. The summed E-state index contributed by atoms with van der Waals surface area (Å²) in [7, 11) is 0. The topological polar surface area (TPSA) is 68.3 Å². The van der Waals surface area contributed by atoms with E-state index >= 15 is 0 Å². The van der Waals surface area contributed by atoms with Crippen LogP contribution in [0.1, 0.15) is 52.5 Å². The van der Waals surface area contributed by atoms with Gasteiger partial charge in [0.05, 0.1) is 11.6 Å². The molecular weight excluding hydrogens is 480 g/mol. The Morgan fingerprint density at radius 3 is 2.45 bits per heavy atom. The van der Waals surface area contributed by atoms with E-state index in [2.05, 4.69) is 12.1 Å². The number of carbonyl (C=O) groups excluding carboxylic acids is 2. The monoisotopic (exact) mass is 514 g/mol. The van der Waals surface area contributed by atoms with Gasteiger partial charge in [0.25, 0.3) is 11.8 Å². The zero-order valence-electron chi connectivity index (χ0n) is 21.8. The van der Waals surface area contributed by atoms with Gasteiger partial charge >= 0.3 is 0 Å². The molecule has 0 N–H and O–H groups in total. The summed E-state index contributed by atoms with van der Waals surface area (Å²) in [6, 6.07) is 22.7. The average Bonchev–Trinajstić information content (AvgIpc) is 3.43. The molecule has 1 atom stereocenters. The predicted octanol–water partition coefficient (Wildman–Crippen LogP) is 5.19. The zero-order chi connectivity index (χ0) is 26.3. The minimum atomic E-state index is -0.235. The zero-order valence-corrected chi connectivity index (χ0v) is 21.8. The van der Waals surface area contributed by atoms with Crippen molar-refractivity contribution >= 4 is 11.8 Å². The van der Waals surface area contributed by atoms with Crippen molar-refractivity contribution in [1.82, 2.24) is 9.80 Å². The number of hydrogen-bond acceptors (Lipinski definition) is 5. The lowest BCUT2D eigenvalue weighted by Gasteiger charge is -2.32. The first-order valence-electron chi connectivity index (χ1n) is 13.4. The number of ether oxygens (including phenoxy) is 3. The number of amides is 2. The maximum Gasteiger partial charge on any atom is 0.257 e. The standard InChI is InChI=1S/C31H34N2O5/c1-2-32-17-9-4-10-18-33(30(34)24-15-16-28-29(20-24)38-22-37-28)25(19-23-11-5-3-6-12-23)21-36-27-14-8-7-13-26(27)31(32)35/h3,5-8,11-16,20,25H,2,4,9-10,17-19,21-22H2,1H3/t25-/m0/s1. The number of fused-ring (bicyclic) bond motifs is 2. The number of nitrogens with zero attached hydrogens (tertiary/aromatic N) is 2. The predicted molar refractivity (Wildman–Crippen MR) is 145 cm³/mol. The van der Waals surface area contributed by atoms with Crippen LogP contribution >= 0.6 is 0 Å². The number of para-hydroxylation sites is 1. The van der Waals surface area contributed by atoms with Gasteiger partial charge in [-0.1, -0.05) is 42.5 Å². The highest BCUT2D eigenvalue weighted by Crippen LogP contribution is 2.33. The summed E-state index contributed by atoms with van der Waals surface area (Å²) in [5.74, 6) is 1.70. The molecule has 3 aromatic carbocycles. The Balaban J connectivity index is 1.48. The first-order valence-corrected chi connectivity index (χ1v) is 13.4. The first-order chi connectivity index (χ1) is 18.6. The highest BCUT2D eigenvalue weighted by Gasteiger charge is 2.28. The molecule has 3 aromatic rings. The molecule has 198 valence electrons. The Labute approximate surface area is 223 Å². The molecule has 2 aliphatic heterocycles. The van der Waals surface area contributed by atoms with Gasteiger partial charge in [-0.25, -0.2) is 0 Å². The molecule has 0 saturated carbocycles. The maximum absolute atomic E-state index is 14.0. The number of carbonyl (C=O) groups is 2. The van der Waals surface area contributed by atoms with E-state index in [9.17, 15) is 9.59 Å². The summed E-state index contributed by atoms with van der Waals surface area (Å²) in [5, 5.41) is 0. The van der Waals surface area contributed by atoms with Crippen LogP contribution in [-0.4, -0.2) is 60.7 Å². The van der Waals surface area contributed by atoms with Crippen LogP contribution in [0.3, 0.4) is 0 Å². The second kappa shape index (κ2) is 12.0. The van der Waals surface area contributed by atoms with Gasteiger partial charge in [-0.05, 0) is 68.5 Å². The molecule has 7 heteroatoms. The van der Waals surface area contributed by atoms with E-state index in [0.717, 1.165) is 24.8 Å². The first kappa shape index (κ1) is 25.6. The van der Waals surface area contributed by atoms with Gasteiger partial charge in [-0.3, -0.25) is 9.59 Å². The summed E-state index contributed by atoms with van der Waals surface area (Å²) in [6.07, 6.45) is 3.25. The van der Waals surface area contributed by atoms with Crippen molar-refractivity contribution in [2.24, 2.45) is 0 Å². The molecule has 0 spiro atoms. The third-order valence-electron chi connectivity index (χ3n) is 7.18. The summed E-state index contributed by atoms with van der Waals surface area (Å²) in [6.45, 7) is 4.33. The van der Waals surface area contributed by atoms with Crippen LogP contribution in [0, 0.1) is 0 Å². The van der Waals surface area contributed by atoms with Crippen molar-refractivity contribution in [2.45, 2.75) is 38.6 Å². The van der Waals surface area contributed by atoms with Gasteiger partial charge < -0.3 is 24.0 Å². The van der Waals surface area contributed by atoms with Crippen LogP contribution in [0.2, 0.25) is 0 Å². The van der Waals surface area contributed by atoms with Crippen LogP contribution in [0.25, 0.3) is 0 Å². The van der Waals surface area contributed by atoms with E-state index < -0.39 is 0 Å². The molecular formula is C31H34N2O5. The van der Waals surface area contributed by atoms with Crippen LogP contribution in [-0.2, 0) is 6.42 Å². The van der Waals surface area contributed by atoms with Crippen molar-refractivity contribution in [3.05, 3.63) is 89.5 Å². The van der Waals surface area contributed by atoms with E-state index in [0.29, 0.717) is 54.4 Å². The second-order valence-electron chi connectivity index (χ2n) is 9.66. The highest BCUT2D eigenvalue weighted by molar-refractivity contribution is 5.97. The number of hydrogen-bond donors (Lipinski definition) is 0. The third-order valence-corrected chi connectivity index (χ3v) is 7.18. The molecule has 0 aliphatic carbocycles. The number of benzene rings is 3. The second-order valence-corrected chi connectivity index (χ2v) is 9.66. The maximum atomic E-state index is 14.0. The van der Waals surface area contributed by atoms with Crippen LogP contribution in [0.5, 0.6) is 17.2 Å². The van der Waals surface area contributed by atoms with Gasteiger partial charge in [-0.2, -0.15) is 0 Å². The van der Waals surface area contributed by atoms with Crippen LogP contribution in [0.4, 0.5) is 0 Å². The van der Waals surface area contributed by atoms with Gasteiger partial charge in [0.1, 0.15) is 12.4 Å². The molecule has 0 unspecified atom stereocenters. The fourth-order valence-corrected chi connectivity index (χ4v) is 5.08. The summed E-state index contributed by atoms with van der Waals surface area (Å²) in [4.78, 5) is 31.2. The SMILES string of the molecule is CCN1CCCCCN(C(=O)c2ccc3c(c2)OCO3)[C@@H](Cc2ccccc2)COc2ccccc2C1=O. The molecule has 0 bridgehead atoms. The number of rotatable bonds is 4. The molecule has 0 fully saturated rings. The lowest BCUT2D eigenvalue weighted by molar-refractivity contribution is 0.0605. The molecule has 38 heavy (non-hydrogen) atoms. The molecule has 0 saturated heterocycles. The average molecular weight is 515 g/mol. The van der Waals surface area contributed by atoms with Crippen molar-refractivity contribution in [3.8, 4) is 17.2 Å². The Kier molecular flexibility index (Phi) is 8.12. The van der Waals surface area contributed by atoms with Crippen molar-refractivity contribution in [1.29, 1.82) is 0 Å². The lowest BCUT2D eigenvalue weighted by Crippen LogP contribution is -2.45.